The molecular weight excluding hydrogens is 317 g/mol. The second-order valence-corrected chi connectivity index (χ2v) is 6.07. The highest BCUT2D eigenvalue weighted by Crippen LogP contribution is 2.32. The summed E-state index contributed by atoms with van der Waals surface area (Å²) < 4.78 is 23.6. The van der Waals surface area contributed by atoms with Crippen molar-refractivity contribution in [1.82, 2.24) is 5.32 Å². The molecule has 0 fully saturated rings. The van der Waals surface area contributed by atoms with Gasteiger partial charge in [0.1, 0.15) is 5.82 Å². The van der Waals surface area contributed by atoms with E-state index in [9.17, 15) is 9.18 Å². The lowest BCUT2D eigenvalue weighted by atomic mass is 10.2. The van der Waals surface area contributed by atoms with E-state index < -0.39 is 0 Å². The molecular formula is C17H16FNO3S. The van der Waals surface area contributed by atoms with E-state index in [2.05, 4.69) is 5.32 Å². The van der Waals surface area contributed by atoms with Crippen LogP contribution in [0, 0.1) is 5.82 Å². The van der Waals surface area contributed by atoms with Gasteiger partial charge in [0.2, 0.25) is 12.7 Å². The Kier molecular flexibility index (Phi) is 5.02. The van der Waals surface area contributed by atoms with Gasteiger partial charge in [-0.25, -0.2) is 4.39 Å². The number of rotatable bonds is 6. The zero-order valence-electron chi connectivity index (χ0n) is 12.4. The van der Waals surface area contributed by atoms with E-state index in [1.54, 1.807) is 6.07 Å². The lowest BCUT2D eigenvalue weighted by Crippen LogP contribution is -2.24. The Balaban J connectivity index is 1.41. The average Bonchev–Trinajstić information content (AvgIpc) is 3.00. The molecule has 4 nitrogen and oxygen atoms in total. The normalized spacial score (nSPS) is 12.2. The van der Waals surface area contributed by atoms with E-state index in [4.69, 9.17) is 9.47 Å². The minimum Gasteiger partial charge on any atom is -0.454 e. The Morgan fingerprint density at radius 3 is 2.87 bits per heavy atom. The summed E-state index contributed by atoms with van der Waals surface area (Å²) in [5, 5.41) is 2.86. The van der Waals surface area contributed by atoms with Crippen LogP contribution >= 0.6 is 11.8 Å². The monoisotopic (exact) mass is 333 g/mol. The van der Waals surface area contributed by atoms with Crippen molar-refractivity contribution in [1.29, 1.82) is 0 Å². The number of hydrogen-bond acceptors (Lipinski definition) is 4. The molecule has 0 saturated heterocycles. The molecule has 1 heterocycles. The third kappa shape index (κ3) is 4.39. The number of carbonyl (C=O) groups is 1. The fourth-order valence-electron chi connectivity index (χ4n) is 2.19. The number of amides is 1. The highest BCUT2D eigenvalue weighted by Gasteiger charge is 2.13. The largest absolute Gasteiger partial charge is 0.454 e. The zero-order chi connectivity index (χ0) is 16.1. The molecule has 0 spiro atoms. The fourth-order valence-corrected chi connectivity index (χ4v) is 3.00. The number of halogens is 1. The second-order valence-electron chi connectivity index (χ2n) is 5.09. The van der Waals surface area contributed by atoms with Crippen LogP contribution in [0.15, 0.2) is 42.5 Å². The molecule has 2 aromatic rings. The van der Waals surface area contributed by atoms with Crippen LogP contribution in [0.25, 0.3) is 0 Å². The summed E-state index contributed by atoms with van der Waals surface area (Å²) in [7, 11) is 0. The van der Waals surface area contributed by atoms with Gasteiger partial charge in [-0.1, -0.05) is 18.2 Å². The second kappa shape index (κ2) is 7.37. The first-order valence-electron chi connectivity index (χ1n) is 7.18. The van der Waals surface area contributed by atoms with Gasteiger partial charge in [0.15, 0.2) is 11.5 Å². The first-order chi connectivity index (χ1) is 11.2. The number of hydrogen-bond donors (Lipinski definition) is 1. The Hall–Kier alpha value is -2.21. The minimum atomic E-state index is -0.254. The van der Waals surface area contributed by atoms with Crippen LogP contribution in [0.5, 0.6) is 11.5 Å². The van der Waals surface area contributed by atoms with Gasteiger partial charge < -0.3 is 14.8 Å². The molecule has 0 bridgehead atoms. The standard InChI is InChI=1S/C17H16FNO3S/c18-14-3-1-2-13(6-14)9-23-10-17(20)19-8-12-4-5-15-16(7-12)22-11-21-15/h1-7H,8-11H2,(H,19,20). The highest BCUT2D eigenvalue weighted by molar-refractivity contribution is 7.99. The van der Waals surface area contributed by atoms with Gasteiger partial charge >= 0.3 is 0 Å². The Morgan fingerprint density at radius 2 is 2.00 bits per heavy atom. The number of carbonyl (C=O) groups excluding carboxylic acids is 1. The molecule has 0 aliphatic carbocycles. The summed E-state index contributed by atoms with van der Waals surface area (Å²) in [6.45, 7) is 0.678. The van der Waals surface area contributed by atoms with Crippen LogP contribution in [0.3, 0.4) is 0 Å². The highest BCUT2D eigenvalue weighted by atomic mass is 32.2. The predicted molar refractivity (Wildman–Crippen MR) is 87.0 cm³/mol. The summed E-state index contributed by atoms with van der Waals surface area (Å²) in [4.78, 5) is 11.8. The van der Waals surface area contributed by atoms with Crippen molar-refractivity contribution in [2.24, 2.45) is 0 Å². The van der Waals surface area contributed by atoms with Crippen LogP contribution in [0.4, 0.5) is 4.39 Å². The first-order valence-corrected chi connectivity index (χ1v) is 8.33. The van der Waals surface area contributed by atoms with E-state index in [-0.39, 0.29) is 18.5 Å². The quantitative estimate of drug-likeness (QED) is 0.882. The Labute approximate surface area is 138 Å². The predicted octanol–water partition coefficient (Wildman–Crippen LogP) is 3.10. The Bertz CT molecular complexity index is 708. The maximum Gasteiger partial charge on any atom is 0.231 e. The molecule has 0 radical (unpaired) electrons. The van der Waals surface area contributed by atoms with Crippen molar-refractivity contribution in [3.05, 3.63) is 59.4 Å². The molecule has 6 heteroatoms. The maximum absolute atomic E-state index is 13.0. The zero-order valence-corrected chi connectivity index (χ0v) is 13.2. The van der Waals surface area contributed by atoms with Crippen LogP contribution in [-0.2, 0) is 17.1 Å². The van der Waals surface area contributed by atoms with E-state index in [1.165, 1.54) is 23.9 Å². The molecule has 3 rings (SSSR count). The molecule has 120 valence electrons. The Morgan fingerprint density at radius 1 is 1.13 bits per heavy atom. The fraction of sp³-hybridized carbons (Fsp3) is 0.235. The van der Waals surface area contributed by atoms with Gasteiger partial charge in [-0.05, 0) is 35.4 Å². The van der Waals surface area contributed by atoms with Gasteiger partial charge in [-0.15, -0.1) is 11.8 Å². The molecule has 23 heavy (non-hydrogen) atoms. The molecule has 1 aliphatic heterocycles. The number of nitrogens with one attached hydrogen (secondary N) is 1. The van der Waals surface area contributed by atoms with Gasteiger partial charge in [0.05, 0.1) is 5.75 Å². The lowest BCUT2D eigenvalue weighted by molar-refractivity contribution is -0.118. The molecule has 0 unspecified atom stereocenters. The van der Waals surface area contributed by atoms with Crippen molar-refractivity contribution < 1.29 is 18.7 Å². The topological polar surface area (TPSA) is 47.6 Å². The molecule has 0 saturated carbocycles. The van der Waals surface area contributed by atoms with E-state index >= 15 is 0 Å². The third-order valence-electron chi connectivity index (χ3n) is 3.32. The number of thioether (sulfide) groups is 1. The first kappa shape index (κ1) is 15.7. The summed E-state index contributed by atoms with van der Waals surface area (Å²) in [6, 6.07) is 12.0. The number of fused-ring (bicyclic) bond motifs is 1. The molecule has 2 aromatic carbocycles. The smallest absolute Gasteiger partial charge is 0.231 e. The van der Waals surface area contributed by atoms with Gasteiger partial charge in [-0.2, -0.15) is 0 Å². The number of benzene rings is 2. The van der Waals surface area contributed by atoms with Crippen LogP contribution in [0.1, 0.15) is 11.1 Å². The van der Waals surface area contributed by atoms with Crippen LogP contribution in [0.2, 0.25) is 0 Å². The summed E-state index contributed by atoms with van der Waals surface area (Å²) in [5.74, 6) is 2.07. The maximum atomic E-state index is 13.0. The van der Waals surface area contributed by atoms with Gasteiger partial charge in [0, 0.05) is 12.3 Å². The summed E-state index contributed by atoms with van der Waals surface area (Å²) in [6.07, 6.45) is 0. The lowest BCUT2D eigenvalue weighted by Gasteiger charge is -2.06. The van der Waals surface area contributed by atoms with Crippen molar-refractivity contribution in [3.8, 4) is 11.5 Å². The summed E-state index contributed by atoms with van der Waals surface area (Å²) >= 11 is 1.46. The number of ether oxygens (including phenoxy) is 2. The molecule has 0 atom stereocenters. The molecule has 1 aliphatic rings. The van der Waals surface area contributed by atoms with Crippen LogP contribution in [-0.4, -0.2) is 18.5 Å². The average molecular weight is 333 g/mol. The third-order valence-corrected chi connectivity index (χ3v) is 4.32. The van der Waals surface area contributed by atoms with Crippen molar-refractivity contribution >= 4 is 17.7 Å². The summed E-state index contributed by atoms with van der Waals surface area (Å²) in [5.41, 5.74) is 1.83. The van der Waals surface area contributed by atoms with Crippen molar-refractivity contribution in [3.63, 3.8) is 0 Å². The van der Waals surface area contributed by atoms with Crippen LogP contribution < -0.4 is 14.8 Å². The van der Waals surface area contributed by atoms with Gasteiger partial charge in [0.25, 0.3) is 0 Å². The molecule has 0 aromatic heterocycles. The SMILES string of the molecule is O=C(CSCc1cccc(F)c1)NCc1ccc2c(c1)OCO2. The van der Waals surface area contributed by atoms with E-state index in [1.807, 2.05) is 24.3 Å². The van der Waals surface area contributed by atoms with E-state index in [0.717, 1.165) is 16.9 Å². The molecule has 1 amide bonds. The minimum absolute atomic E-state index is 0.0518. The van der Waals surface area contributed by atoms with E-state index in [0.29, 0.717) is 23.8 Å². The van der Waals surface area contributed by atoms with Gasteiger partial charge in [-0.3, -0.25) is 4.79 Å². The van der Waals surface area contributed by atoms with Crippen molar-refractivity contribution in [2.45, 2.75) is 12.3 Å². The molecule has 1 N–H and O–H groups in total. The van der Waals surface area contributed by atoms with Crippen molar-refractivity contribution in [2.75, 3.05) is 12.5 Å².